The molecule has 4 heteroatoms. The highest BCUT2D eigenvalue weighted by Gasteiger charge is 2.26. The highest BCUT2D eigenvalue weighted by molar-refractivity contribution is 5.92. The van der Waals surface area contributed by atoms with E-state index >= 15 is 0 Å². The molecule has 1 aliphatic rings. The molecule has 0 bridgehead atoms. The molecule has 1 fully saturated rings. The summed E-state index contributed by atoms with van der Waals surface area (Å²) in [4.78, 5) is 15.8. The average molecular weight is 261 g/mol. The van der Waals surface area contributed by atoms with Crippen LogP contribution in [0.4, 0.5) is 5.69 Å². The fourth-order valence-corrected chi connectivity index (χ4v) is 2.73. The molecule has 1 heterocycles. The number of hydrogen-bond acceptors (Lipinski definition) is 3. The van der Waals surface area contributed by atoms with Crippen molar-refractivity contribution in [3.05, 3.63) is 24.5 Å². The molecule has 19 heavy (non-hydrogen) atoms. The molecule has 0 saturated heterocycles. The van der Waals surface area contributed by atoms with Crippen molar-refractivity contribution in [1.82, 2.24) is 10.3 Å². The van der Waals surface area contributed by atoms with Gasteiger partial charge in [-0.05, 0) is 30.4 Å². The average Bonchev–Trinajstić information content (AvgIpc) is 2.42. The van der Waals surface area contributed by atoms with E-state index in [-0.39, 0.29) is 5.91 Å². The fourth-order valence-electron chi connectivity index (χ4n) is 2.73. The van der Waals surface area contributed by atoms with Crippen LogP contribution < -0.4 is 10.6 Å². The van der Waals surface area contributed by atoms with Crippen molar-refractivity contribution in [2.45, 2.75) is 39.2 Å². The second kappa shape index (κ2) is 6.66. The first kappa shape index (κ1) is 14.0. The lowest BCUT2D eigenvalue weighted by Crippen LogP contribution is -2.43. The minimum atomic E-state index is 0.0108. The largest absolute Gasteiger partial charge is 0.325 e. The Morgan fingerprint density at radius 3 is 2.79 bits per heavy atom. The summed E-state index contributed by atoms with van der Waals surface area (Å²) in [5, 5.41) is 6.26. The Kier molecular flexibility index (Phi) is 4.91. The summed E-state index contributed by atoms with van der Waals surface area (Å²) in [5.74, 6) is 1.40. The number of nitrogens with one attached hydrogen (secondary N) is 2. The number of nitrogens with zero attached hydrogens (tertiary/aromatic N) is 1. The third-order valence-electron chi connectivity index (χ3n) is 4.20. The van der Waals surface area contributed by atoms with Crippen LogP contribution in [0.2, 0.25) is 0 Å². The van der Waals surface area contributed by atoms with Crippen molar-refractivity contribution in [3.8, 4) is 0 Å². The predicted octanol–water partition coefficient (Wildman–Crippen LogP) is 2.43. The molecular weight excluding hydrogens is 238 g/mol. The Balaban J connectivity index is 1.77. The number of carbonyl (C=O) groups excluding carboxylic acids is 1. The van der Waals surface area contributed by atoms with Crippen molar-refractivity contribution in [2.24, 2.45) is 11.8 Å². The van der Waals surface area contributed by atoms with Crippen LogP contribution in [0.5, 0.6) is 0 Å². The molecule has 0 spiro atoms. The third kappa shape index (κ3) is 4.03. The van der Waals surface area contributed by atoms with E-state index in [9.17, 15) is 4.79 Å². The molecule has 0 unspecified atom stereocenters. The maximum Gasteiger partial charge on any atom is 0.238 e. The van der Waals surface area contributed by atoms with Crippen molar-refractivity contribution in [2.75, 3.05) is 11.9 Å². The van der Waals surface area contributed by atoms with Gasteiger partial charge in [0.25, 0.3) is 0 Å². The summed E-state index contributed by atoms with van der Waals surface area (Å²) in [6.07, 6.45) is 7.09. The fraction of sp³-hybridized carbons (Fsp3) is 0.600. The quantitative estimate of drug-likeness (QED) is 0.875. The molecule has 2 N–H and O–H groups in total. The van der Waals surface area contributed by atoms with E-state index < -0.39 is 0 Å². The zero-order valence-corrected chi connectivity index (χ0v) is 11.7. The van der Waals surface area contributed by atoms with Crippen molar-refractivity contribution >= 4 is 11.6 Å². The molecule has 4 nitrogen and oxygen atoms in total. The van der Waals surface area contributed by atoms with Crippen molar-refractivity contribution in [3.63, 3.8) is 0 Å². The van der Waals surface area contributed by atoms with E-state index in [1.54, 1.807) is 24.5 Å². The number of anilines is 1. The SMILES string of the molecule is C[C@@H]1[C@H](C)CCC[C@H]1NCC(=O)Nc1ccncc1. The van der Waals surface area contributed by atoms with Crippen molar-refractivity contribution in [1.29, 1.82) is 0 Å². The van der Waals surface area contributed by atoms with Crippen LogP contribution in [0.1, 0.15) is 33.1 Å². The van der Waals surface area contributed by atoms with Gasteiger partial charge in [-0.15, -0.1) is 0 Å². The van der Waals surface area contributed by atoms with Gasteiger partial charge in [0.2, 0.25) is 5.91 Å². The van der Waals surface area contributed by atoms with Crippen LogP contribution in [0.3, 0.4) is 0 Å². The standard InChI is InChI=1S/C15H23N3O/c1-11-4-3-5-14(12(11)2)17-10-15(19)18-13-6-8-16-9-7-13/h6-9,11-12,14,17H,3-5,10H2,1-2H3,(H,16,18,19)/t11-,12-,14-/m1/s1. The van der Waals surface area contributed by atoms with Gasteiger partial charge in [-0.25, -0.2) is 0 Å². The van der Waals surface area contributed by atoms with Gasteiger partial charge in [0.05, 0.1) is 6.54 Å². The molecule has 0 radical (unpaired) electrons. The number of aromatic nitrogens is 1. The molecule has 0 aliphatic heterocycles. The Morgan fingerprint density at radius 1 is 1.32 bits per heavy atom. The van der Waals surface area contributed by atoms with E-state index in [1.807, 2.05) is 0 Å². The van der Waals surface area contributed by atoms with Gasteiger partial charge in [-0.2, -0.15) is 0 Å². The van der Waals surface area contributed by atoms with E-state index in [0.717, 1.165) is 11.6 Å². The maximum absolute atomic E-state index is 11.8. The van der Waals surface area contributed by atoms with Gasteiger partial charge < -0.3 is 10.6 Å². The predicted molar refractivity (Wildman–Crippen MR) is 76.8 cm³/mol. The Hall–Kier alpha value is -1.42. The molecule has 1 aromatic heterocycles. The first-order valence-corrected chi connectivity index (χ1v) is 7.10. The lowest BCUT2D eigenvalue weighted by atomic mass is 9.78. The van der Waals surface area contributed by atoms with Gasteiger partial charge >= 0.3 is 0 Å². The molecule has 1 aromatic rings. The summed E-state index contributed by atoms with van der Waals surface area (Å²) < 4.78 is 0. The first-order valence-electron chi connectivity index (χ1n) is 7.10. The van der Waals surface area contributed by atoms with Gasteiger partial charge in [0.15, 0.2) is 0 Å². The minimum absolute atomic E-state index is 0.0108. The van der Waals surface area contributed by atoms with Crippen molar-refractivity contribution < 1.29 is 4.79 Å². The summed E-state index contributed by atoms with van der Waals surface area (Å²) in [6, 6.07) is 4.05. The normalized spacial score (nSPS) is 26.9. The first-order chi connectivity index (χ1) is 9.16. The number of hydrogen-bond donors (Lipinski definition) is 2. The number of carbonyl (C=O) groups is 1. The number of amides is 1. The number of rotatable bonds is 4. The summed E-state index contributed by atoms with van der Waals surface area (Å²) in [5.41, 5.74) is 0.798. The van der Waals surface area contributed by atoms with E-state index in [2.05, 4.69) is 29.5 Å². The summed E-state index contributed by atoms with van der Waals surface area (Å²) in [7, 11) is 0. The van der Waals surface area contributed by atoms with E-state index in [1.165, 1.54) is 19.3 Å². The topological polar surface area (TPSA) is 54.0 Å². The van der Waals surface area contributed by atoms with Crippen LogP contribution >= 0.6 is 0 Å². The summed E-state index contributed by atoms with van der Waals surface area (Å²) in [6.45, 7) is 4.96. The third-order valence-corrected chi connectivity index (χ3v) is 4.20. The molecule has 3 atom stereocenters. The zero-order chi connectivity index (χ0) is 13.7. The second-order valence-electron chi connectivity index (χ2n) is 5.54. The smallest absolute Gasteiger partial charge is 0.238 e. The molecular formula is C15H23N3O. The van der Waals surface area contributed by atoms with Crippen LogP contribution in [0.15, 0.2) is 24.5 Å². The minimum Gasteiger partial charge on any atom is -0.325 e. The zero-order valence-electron chi connectivity index (χ0n) is 11.7. The van der Waals surface area contributed by atoms with Crippen LogP contribution in [0, 0.1) is 11.8 Å². The highest BCUT2D eigenvalue weighted by Crippen LogP contribution is 2.29. The molecule has 2 rings (SSSR count). The van der Waals surface area contributed by atoms with Gasteiger partial charge in [-0.1, -0.05) is 26.7 Å². The van der Waals surface area contributed by atoms with Crippen LogP contribution in [-0.2, 0) is 4.79 Å². The Labute approximate surface area is 115 Å². The van der Waals surface area contributed by atoms with Gasteiger partial charge in [-0.3, -0.25) is 9.78 Å². The Morgan fingerprint density at radius 2 is 2.05 bits per heavy atom. The number of pyridine rings is 1. The second-order valence-corrected chi connectivity index (χ2v) is 5.54. The van der Waals surface area contributed by atoms with Crippen LogP contribution in [-0.4, -0.2) is 23.5 Å². The summed E-state index contributed by atoms with van der Waals surface area (Å²) >= 11 is 0. The molecule has 1 amide bonds. The molecule has 0 aromatic carbocycles. The van der Waals surface area contributed by atoms with E-state index in [4.69, 9.17) is 0 Å². The maximum atomic E-state index is 11.8. The van der Waals surface area contributed by atoms with Gasteiger partial charge in [0, 0.05) is 24.1 Å². The van der Waals surface area contributed by atoms with Gasteiger partial charge in [0.1, 0.15) is 0 Å². The molecule has 1 saturated carbocycles. The lowest BCUT2D eigenvalue weighted by molar-refractivity contribution is -0.115. The molecule has 1 aliphatic carbocycles. The highest BCUT2D eigenvalue weighted by atomic mass is 16.1. The molecule has 104 valence electrons. The van der Waals surface area contributed by atoms with E-state index in [0.29, 0.717) is 18.5 Å². The monoisotopic (exact) mass is 261 g/mol. The van der Waals surface area contributed by atoms with Crippen LogP contribution in [0.25, 0.3) is 0 Å². The Bertz CT molecular complexity index is 407. The lowest BCUT2D eigenvalue weighted by Gasteiger charge is -2.34.